The van der Waals surface area contributed by atoms with Crippen molar-refractivity contribution in [2.24, 2.45) is 0 Å². The SMILES string of the molecule is O=[Si]([O-])[O-].O=[Si]([O-])[O-].O=[Si]([O-])[O-].[Al+3].[Y+3]. The number of rotatable bonds is 0. The second kappa shape index (κ2) is 23.4. The Morgan fingerprint density at radius 3 is 0.571 bits per heavy atom. The third kappa shape index (κ3) is 6950. The molecule has 0 atom stereocenters. The Bertz CT molecular complexity index is 118. The van der Waals surface area contributed by atoms with Crippen LogP contribution in [0.15, 0.2) is 0 Å². The van der Waals surface area contributed by atoms with Crippen molar-refractivity contribution in [2.45, 2.75) is 0 Å². The van der Waals surface area contributed by atoms with Crippen molar-refractivity contribution in [3.63, 3.8) is 0 Å². The molecule has 14 heavy (non-hydrogen) atoms. The van der Waals surface area contributed by atoms with Gasteiger partial charge < -0.3 is 42.2 Å². The molecule has 0 unspecified atom stereocenters. The van der Waals surface area contributed by atoms with Gasteiger partial charge in [0.15, 0.2) is 0 Å². The van der Waals surface area contributed by atoms with E-state index in [9.17, 15) is 0 Å². The van der Waals surface area contributed by atoms with Crippen molar-refractivity contribution in [1.82, 2.24) is 0 Å². The van der Waals surface area contributed by atoms with Gasteiger partial charge in [-0.1, -0.05) is 0 Å². The normalized spacial score (nSPS) is 5.14. The molecule has 0 rings (SSSR count). The molecular formula is AlO9Si3Y. The minimum Gasteiger partial charge on any atom is -0.672 e. The van der Waals surface area contributed by atoms with Crippen molar-refractivity contribution >= 4 is 44.9 Å². The van der Waals surface area contributed by atoms with Crippen molar-refractivity contribution in [2.75, 3.05) is 0 Å². The Hall–Kier alpha value is 0.487. The number of hydrogen-bond donors (Lipinski definition) is 0. The van der Waals surface area contributed by atoms with Crippen molar-refractivity contribution < 1.29 is 74.9 Å². The quantitative estimate of drug-likeness (QED) is 0.384. The first kappa shape index (κ1) is 29.3. The van der Waals surface area contributed by atoms with E-state index in [1.54, 1.807) is 0 Å². The Morgan fingerprint density at radius 1 is 0.571 bits per heavy atom. The first-order valence-electron chi connectivity index (χ1n) is 1.84. The van der Waals surface area contributed by atoms with E-state index >= 15 is 0 Å². The molecule has 72 valence electrons. The van der Waals surface area contributed by atoms with Gasteiger partial charge in [-0.15, -0.1) is 0 Å². The van der Waals surface area contributed by atoms with E-state index in [0.29, 0.717) is 0 Å². The molecule has 0 aliphatic rings. The Morgan fingerprint density at radius 2 is 0.571 bits per heavy atom. The minimum absolute atomic E-state index is 0. The van der Waals surface area contributed by atoms with Crippen molar-refractivity contribution in [3.8, 4) is 0 Å². The van der Waals surface area contributed by atoms with Gasteiger partial charge in [0.25, 0.3) is 0 Å². The molecule has 0 aliphatic carbocycles. The van der Waals surface area contributed by atoms with Crippen LogP contribution < -0.4 is 28.8 Å². The van der Waals surface area contributed by atoms with Gasteiger partial charge in [-0.2, -0.15) is 0 Å². The van der Waals surface area contributed by atoms with Gasteiger partial charge in [0.1, 0.15) is 0 Å². The van der Waals surface area contributed by atoms with Crippen LogP contribution in [0.5, 0.6) is 0 Å². The fourth-order valence-electron chi connectivity index (χ4n) is 0. The summed E-state index contributed by atoms with van der Waals surface area (Å²) in [6, 6.07) is 0. The molecule has 0 amide bonds. The summed E-state index contributed by atoms with van der Waals surface area (Å²) < 4.78 is 25.6. The van der Waals surface area contributed by atoms with Gasteiger partial charge in [0, 0.05) is 27.5 Å². The fourth-order valence-corrected chi connectivity index (χ4v) is 0. The van der Waals surface area contributed by atoms with Crippen LogP contribution in [0.1, 0.15) is 0 Å². The van der Waals surface area contributed by atoms with E-state index in [1.807, 2.05) is 0 Å². The zero-order chi connectivity index (χ0) is 10.7. The second-order valence-corrected chi connectivity index (χ2v) is 2.25. The average Bonchev–Trinajstić information content (AvgIpc) is 1.54. The zero-order valence-electron chi connectivity index (χ0n) is 6.33. The number of hydrogen-bond acceptors (Lipinski definition) is 9. The third-order valence-corrected chi connectivity index (χ3v) is 0. The van der Waals surface area contributed by atoms with Crippen LogP contribution in [0.25, 0.3) is 0 Å². The minimum atomic E-state index is -3.63. The maximum Gasteiger partial charge on any atom is 3.00 e. The molecule has 0 fully saturated rings. The van der Waals surface area contributed by atoms with Crippen molar-refractivity contribution in [3.05, 3.63) is 0 Å². The summed E-state index contributed by atoms with van der Waals surface area (Å²) in [4.78, 5) is 51.1. The van der Waals surface area contributed by atoms with Gasteiger partial charge in [-0.05, 0) is 0 Å². The van der Waals surface area contributed by atoms with Crippen LogP contribution in [0.3, 0.4) is 0 Å². The summed E-state index contributed by atoms with van der Waals surface area (Å²) >= 11 is 0. The Balaban J connectivity index is -0.0000000270. The smallest absolute Gasteiger partial charge is 0.672 e. The van der Waals surface area contributed by atoms with Gasteiger partial charge in [0.2, 0.25) is 0 Å². The first-order chi connectivity index (χ1) is 5.20. The molecule has 14 heteroatoms. The van der Waals surface area contributed by atoms with Gasteiger partial charge in [0.05, 0.1) is 0 Å². The van der Waals surface area contributed by atoms with Crippen molar-refractivity contribution in [1.29, 1.82) is 0 Å². The van der Waals surface area contributed by atoms with Gasteiger partial charge in [-0.25, -0.2) is 0 Å². The van der Waals surface area contributed by atoms with Crippen LogP contribution in [-0.4, -0.2) is 44.9 Å². The van der Waals surface area contributed by atoms with E-state index in [0.717, 1.165) is 0 Å². The Labute approximate surface area is 119 Å². The predicted octanol–water partition coefficient (Wildman–Crippen LogP) is -9.02. The zero-order valence-corrected chi connectivity index (χ0v) is 13.3. The van der Waals surface area contributed by atoms with E-state index in [-0.39, 0.29) is 50.1 Å². The monoisotopic (exact) mass is 344 g/mol. The molecule has 0 bridgehead atoms. The predicted molar refractivity (Wildman–Crippen MR) is 25.1 cm³/mol. The molecule has 0 aromatic carbocycles. The molecule has 9 nitrogen and oxygen atoms in total. The summed E-state index contributed by atoms with van der Waals surface area (Å²) in [7, 11) is -10.9. The van der Waals surface area contributed by atoms with Gasteiger partial charge in [-0.3, -0.25) is 0 Å². The first-order valence-corrected chi connectivity index (χ1v) is 5.51. The molecule has 0 N–H and O–H groups in total. The summed E-state index contributed by atoms with van der Waals surface area (Å²) in [6.07, 6.45) is 0. The second-order valence-electron chi connectivity index (χ2n) is 0.750. The molecule has 0 heterocycles. The summed E-state index contributed by atoms with van der Waals surface area (Å²) in [5, 5.41) is 0. The van der Waals surface area contributed by atoms with Gasteiger partial charge >= 0.3 is 50.1 Å². The standard InChI is InChI=1S/Al.3O3Si.Y/c;3*1-4(2)3;/q+3;3*-2;+3. The molecule has 0 saturated carbocycles. The maximum absolute atomic E-state index is 8.52. The van der Waals surface area contributed by atoms with Crippen LogP contribution >= 0.6 is 0 Å². The van der Waals surface area contributed by atoms with Crippen LogP contribution in [-0.2, 0) is 46.1 Å². The largest absolute Gasteiger partial charge is 3.00 e. The van der Waals surface area contributed by atoms with Crippen LogP contribution in [0.2, 0.25) is 0 Å². The average molecular weight is 344 g/mol. The molecule has 0 spiro atoms. The molecule has 0 aliphatic heterocycles. The summed E-state index contributed by atoms with van der Waals surface area (Å²) in [5.74, 6) is 0. The van der Waals surface area contributed by atoms with Crippen LogP contribution in [0.4, 0.5) is 0 Å². The molecule has 0 radical (unpaired) electrons. The molecule has 0 aromatic heterocycles. The van der Waals surface area contributed by atoms with E-state index in [1.165, 1.54) is 0 Å². The van der Waals surface area contributed by atoms with Crippen LogP contribution in [0, 0.1) is 0 Å². The Kier molecular flexibility index (Phi) is 48.9. The van der Waals surface area contributed by atoms with E-state index < -0.39 is 27.5 Å². The maximum atomic E-state index is 8.52. The summed E-state index contributed by atoms with van der Waals surface area (Å²) in [5.41, 5.74) is 0. The fraction of sp³-hybridized carbons (Fsp3) is 0. The molecule has 0 saturated heterocycles. The van der Waals surface area contributed by atoms with E-state index in [2.05, 4.69) is 0 Å². The topological polar surface area (TPSA) is 190 Å². The molecular weight excluding hydrogens is 344 g/mol. The summed E-state index contributed by atoms with van der Waals surface area (Å²) in [6.45, 7) is 0. The van der Waals surface area contributed by atoms with E-state index in [4.69, 9.17) is 42.2 Å². The molecule has 0 aromatic rings. The third-order valence-electron chi connectivity index (χ3n) is 0.